The van der Waals surface area contributed by atoms with Crippen LogP contribution < -0.4 is 0 Å². The molecule has 0 aromatic rings. The van der Waals surface area contributed by atoms with Gasteiger partial charge >= 0.3 is 0 Å². The number of halogens is 2. The van der Waals surface area contributed by atoms with Crippen molar-refractivity contribution in [2.75, 3.05) is 13.2 Å². The summed E-state index contributed by atoms with van der Waals surface area (Å²) in [5, 5.41) is 0. The second kappa shape index (κ2) is 4.71. The molecule has 18 heavy (non-hydrogen) atoms. The van der Waals surface area contributed by atoms with Crippen molar-refractivity contribution in [3.8, 4) is 0 Å². The van der Waals surface area contributed by atoms with Crippen LogP contribution in [0.3, 0.4) is 0 Å². The minimum absolute atomic E-state index is 0.282. The first-order chi connectivity index (χ1) is 8.62. The summed E-state index contributed by atoms with van der Waals surface area (Å²) >= 11 is 0. The molecule has 0 aromatic heterocycles. The Morgan fingerprint density at radius 2 is 1.11 bits per heavy atom. The molecule has 2 atom stereocenters. The molecule has 2 nitrogen and oxygen atoms in total. The van der Waals surface area contributed by atoms with E-state index < -0.39 is 12.3 Å². The van der Waals surface area contributed by atoms with E-state index in [-0.39, 0.29) is 11.2 Å². The number of hydrogen-bond donors (Lipinski definition) is 0. The first-order valence-electron chi connectivity index (χ1n) is 7.18. The number of hydrogen-bond acceptors (Lipinski definition) is 2. The van der Waals surface area contributed by atoms with Crippen molar-refractivity contribution in [2.45, 2.75) is 74.9 Å². The molecule has 2 aliphatic heterocycles. The third kappa shape index (κ3) is 2.42. The van der Waals surface area contributed by atoms with Gasteiger partial charge in [-0.2, -0.15) is 0 Å². The van der Waals surface area contributed by atoms with Gasteiger partial charge in [-0.1, -0.05) is 0 Å². The molecule has 3 aliphatic rings. The first kappa shape index (κ1) is 12.8. The second-order valence-corrected chi connectivity index (χ2v) is 6.24. The molecule has 1 aliphatic carbocycles. The van der Waals surface area contributed by atoms with Crippen molar-refractivity contribution in [2.24, 2.45) is 0 Å². The smallest absolute Gasteiger partial charge is 0.105 e. The molecule has 1 saturated carbocycles. The normalized spacial score (nSPS) is 49.7. The summed E-state index contributed by atoms with van der Waals surface area (Å²) in [6, 6.07) is 0. The number of alkyl halides is 2. The standard InChI is InChI=1S/C14H22F2O2/c15-11-1-7-17-13(9-11)3-5-14(6-4-13)10-12(16)2-8-18-14/h11-12H,1-10H2/t11-,12-,13?,14?/m0/s1. The van der Waals surface area contributed by atoms with Gasteiger partial charge in [0.2, 0.25) is 0 Å². The fourth-order valence-corrected chi connectivity index (χ4v) is 3.79. The highest BCUT2D eigenvalue weighted by Crippen LogP contribution is 2.47. The van der Waals surface area contributed by atoms with Crippen LogP contribution in [0.2, 0.25) is 0 Å². The van der Waals surface area contributed by atoms with Gasteiger partial charge in [0.25, 0.3) is 0 Å². The van der Waals surface area contributed by atoms with Crippen LogP contribution in [-0.2, 0) is 9.47 Å². The molecule has 3 fully saturated rings. The lowest BCUT2D eigenvalue weighted by Crippen LogP contribution is -2.51. The van der Waals surface area contributed by atoms with E-state index in [1.165, 1.54) is 0 Å². The third-order valence-electron chi connectivity index (χ3n) is 4.94. The van der Waals surface area contributed by atoms with E-state index in [4.69, 9.17) is 9.47 Å². The molecule has 104 valence electrons. The van der Waals surface area contributed by atoms with E-state index >= 15 is 0 Å². The maximum Gasteiger partial charge on any atom is 0.105 e. The minimum atomic E-state index is -0.728. The Balaban J connectivity index is 1.63. The Hall–Kier alpha value is -0.220. The lowest BCUT2D eigenvalue weighted by atomic mass is 9.70. The van der Waals surface area contributed by atoms with Crippen LogP contribution in [0.1, 0.15) is 51.4 Å². The zero-order valence-corrected chi connectivity index (χ0v) is 10.8. The summed E-state index contributed by atoms with van der Waals surface area (Å²) in [7, 11) is 0. The number of rotatable bonds is 0. The van der Waals surface area contributed by atoms with Crippen LogP contribution in [0, 0.1) is 0 Å². The van der Waals surface area contributed by atoms with Crippen molar-refractivity contribution in [1.29, 1.82) is 0 Å². The van der Waals surface area contributed by atoms with Crippen molar-refractivity contribution in [3.63, 3.8) is 0 Å². The maximum atomic E-state index is 13.5. The Morgan fingerprint density at radius 1 is 0.722 bits per heavy atom. The Kier molecular flexibility index (Phi) is 3.35. The number of ether oxygens (including phenoxy) is 2. The van der Waals surface area contributed by atoms with Crippen molar-refractivity contribution >= 4 is 0 Å². The minimum Gasteiger partial charge on any atom is -0.375 e. The Labute approximate surface area is 107 Å². The highest BCUT2D eigenvalue weighted by atomic mass is 19.1. The average Bonchev–Trinajstić information content (AvgIpc) is 2.34. The zero-order chi connectivity index (χ0) is 12.6. The molecule has 3 rings (SSSR count). The van der Waals surface area contributed by atoms with E-state index in [1.54, 1.807) is 0 Å². The third-order valence-corrected chi connectivity index (χ3v) is 4.94. The van der Waals surface area contributed by atoms with Crippen LogP contribution >= 0.6 is 0 Å². The summed E-state index contributed by atoms with van der Waals surface area (Å²) in [4.78, 5) is 0. The fraction of sp³-hybridized carbons (Fsp3) is 1.00. The van der Waals surface area contributed by atoms with Gasteiger partial charge in [-0.3, -0.25) is 0 Å². The maximum absolute atomic E-state index is 13.5. The molecule has 2 saturated heterocycles. The average molecular weight is 260 g/mol. The van der Waals surface area contributed by atoms with Crippen LogP contribution in [0.4, 0.5) is 8.78 Å². The molecule has 0 radical (unpaired) electrons. The van der Waals surface area contributed by atoms with Crippen LogP contribution in [0.5, 0.6) is 0 Å². The summed E-state index contributed by atoms with van der Waals surface area (Å²) in [5.74, 6) is 0. The van der Waals surface area contributed by atoms with Crippen molar-refractivity contribution in [1.82, 2.24) is 0 Å². The topological polar surface area (TPSA) is 18.5 Å². The van der Waals surface area contributed by atoms with Crippen LogP contribution in [0.15, 0.2) is 0 Å². The molecule has 0 unspecified atom stereocenters. The molecule has 0 bridgehead atoms. The largest absolute Gasteiger partial charge is 0.375 e. The van der Waals surface area contributed by atoms with Crippen LogP contribution in [-0.4, -0.2) is 36.8 Å². The van der Waals surface area contributed by atoms with Crippen molar-refractivity contribution < 1.29 is 18.3 Å². The molecule has 0 aromatic carbocycles. The lowest BCUT2D eigenvalue weighted by Gasteiger charge is -2.49. The molecular formula is C14H22F2O2. The van der Waals surface area contributed by atoms with E-state index in [9.17, 15) is 8.78 Å². The van der Waals surface area contributed by atoms with E-state index in [2.05, 4.69) is 0 Å². The van der Waals surface area contributed by atoms with Gasteiger partial charge in [-0.15, -0.1) is 0 Å². The predicted octanol–water partition coefficient (Wildman–Crippen LogP) is 3.34. The van der Waals surface area contributed by atoms with Gasteiger partial charge in [-0.25, -0.2) is 8.78 Å². The van der Waals surface area contributed by atoms with E-state index in [0.717, 1.165) is 25.7 Å². The monoisotopic (exact) mass is 260 g/mol. The molecule has 2 heterocycles. The molecule has 4 heteroatoms. The van der Waals surface area contributed by atoms with Crippen LogP contribution in [0.25, 0.3) is 0 Å². The van der Waals surface area contributed by atoms with Gasteiger partial charge in [0.1, 0.15) is 12.3 Å². The molecule has 2 spiro atoms. The van der Waals surface area contributed by atoms with Gasteiger partial charge in [0.05, 0.1) is 24.4 Å². The predicted molar refractivity (Wildman–Crippen MR) is 64.1 cm³/mol. The second-order valence-electron chi connectivity index (χ2n) is 6.24. The Bertz CT molecular complexity index is 270. The van der Waals surface area contributed by atoms with Gasteiger partial charge in [0.15, 0.2) is 0 Å². The van der Waals surface area contributed by atoms with Gasteiger partial charge in [-0.05, 0) is 25.7 Å². The SMILES string of the molecule is F[C@H]1CCOC2(CCC3(CC2)C[C@@H](F)CCO3)C1. The lowest BCUT2D eigenvalue weighted by molar-refractivity contribution is -0.183. The van der Waals surface area contributed by atoms with E-state index in [1.807, 2.05) is 0 Å². The first-order valence-corrected chi connectivity index (χ1v) is 7.18. The highest BCUT2D eigenvalue weighted by Gasteiger charge is 2.48. The fourth-order valence-electron chi connectivity index (χ4n) is 3.79. The highest BCUT2D eigenvalue weighted by molar-refractivity contribution is 5.00. The van der Waals surface area contributed by atoms with Gasteiger partial charge in [0, 0.05) is 25.7 Å². The summed E-state index contributed by atoms with van der Waals surface area (Å²) in [6.45, 7) is 1.06. The summed E-state index contributed by atoms with van der Waals surface area (Å²) in [5.41, 5.74) is -0.564. The van der Waals surface area contributed by atoms with E-state index in [0.29, 0.717) is 38.9 Å². The molecule has 0 N–H and O–H groups in total. The molecular weight excluding hydrogens is 238 g/mol. The molecule has 0 amide bonds. The van der Waals surface area contributed by atoms with Gasteiger partial charge < -0.3 is 9.47 Å². The summed E-state index contributed by atoms with van der Waals surface area (Å²) in [6.07, 6.45) is 3.90. The summed E-state index contributed by atoms with van der Waals surface area (Å²) < 4.78 is 38.8. The van der Waals surface area contributed by atoms with Crippen molar-refractivity contribution in [3.05, 3.63) is 0 Å². The zero-order valence-electron chi connectivity index (χ0n) is 10.8. The Morgan fingerprint density at radius 3 is 1.44 bits per heavy atom. The quantitative estimate of drug-likeness (QED) is 0.665.